The van der Waals surface area contributed by atoms with Crippen LogP contribution in [0.15, 0.2) is 170 Å². The second kappa shape index (κ2) is 11.1. The van der Waals surface area contributed by atoms with Crippen molar-refractivity contribution in [3.05, 3.63) is 170 Å². The Morgan fingerprint density at radius 3 is 1.40 bits per heavy atom. The van der Waals surface area contributed by atoms with E-state index in [4.69, 9.17) is 4.98 Å². The fourth-order valence-corrected chi connectivity index (χ4v) is 8.78. The summed E-state index contributed by atoms with van der Waals surface area (Å²) >= 11 is 0. The van der Waals surface area contributed by atoms with Crippen LogP contribution in [0, 0.1) is 0 Å². The molecule has 0 fully saturated rings. The Hall–Kier alpha value is -5.04. The molecule has 200 valence electrons. The molecule has 2 nitrogen and oxygen atoms in total. The number of nitrogens with zero attached hydrogens (tertiary/aromatic N) is 1. The largest absolute Gasteiger partial charge is 0.309 e. The van der Waals surface area contributed by atoms with Crippen LogP contribution in [0.4, 0.5) is 0 Å². The molecule has 1 aromatic heterocycles. The molecular formula is C39H28NOP. The molecule has 0 radical (unpaired) electrons. The lowest BCUT2D eigenvalue weighted by Crippen LogP contribution is -2.28. The molecule has 0 saturated carbocycles. The Morgan fingerprint density at radius 1 is 0.405 bits per heavy atom. The molecule has 0 N–H and O–H groups in total. The Balaban J connectivity index is 1.61. The summed E-state index contributed by atoms with van der Waals surface area (Å²) < 4.78 is 16.1. The van der Waals surface area contributed by atoms with Crippen LogP contribution in [0.1, 0.15) is 0 Å². The van der Waals surface area contributed by atoms with Gasteiger partial charge in [0.15, 0.2) is 7.14 Å². The maximum atomic E-state index is 16.1. The Bertz CT molecular complexity index is 1980. The maximum absolute atomic E-state index is 16.1. The van der Waals surface area contributed by atoms with Crippen LogP contribution in [-0.4, -0.2) is 4.98 Å². The number of hydrogen-bond donors (Lipinski definition) is 0. The van der Waals surface area contributed by atoms with Crippen LogP contribution < -0.4 is 15.9 Å². The first-order chi connectivity index (χ1) is 20.7. The van der Waals surface area contributed by atoms with Gasteiger partial charge >= 0.3 is 0 Å². The smallest absolute Gasteiger partial charge is 0.173 e. The minimum Gasteiger partial charge on any atom is -0.309 e. The summed E-state index contributed by atoms with van der Waals surface area (Å²) in [5.41, 5.74) is 6.79. The molecule has 0 saturated heterocycles. The predicted molar refractivity (Wildman–Crippen MR) is 177 cm³/mol. The fraction of sp³-hybridized carbons (Fsp3) is 0. The number of aromatic nitrogens is 1. The van der Waals surface area contributed by atoms with Crippen molar-refractivity contribution in [1.29, 1.82) is 0 Å². The van der Waals surface area contributed by atoms with E-state index in [9.17, 15) is 0 Å². The Labute approximate surface area is 246 Å². The number of para-hydroxylation sites is 1. The molecule has 0 amide bonds. The van der Waals surface area contributed by atoms with Crippen molar-refractivity contribution in [1.82, 2.24) is 4.98 Å². The lowest BCUT2D eigenvalue weighted by molar-refractivity contribution is 0.592. The van der Waals surface area contributed by atoms with E-state index in [-0.39, 0.29) is 0 Å². The number of rotatable bonds is 6. The number of benzene rings is 6. The van der Waals surface area contributed by atoms with E-state index in [1.807, 2.05) is 115 Å². The van der Waals surface area contributed by atoms with Crippen LogP contribution in [0.5, 0.6) is 0 Å². The van der Waals surface area contributed by atoms with Crippen molar-refractivity contribution in [3.63, 3.8) is 0 Å². The zero-order chi connectivity index (χ0) is 28.4. The molecule has 0 aliphatic heterocycles. The summed E-state index contributed by atoms with van der Waals surface area (Å²) in [6, 6.07) is 57.1. The minimum atomic E-state index is -3.42. The molecule has 1 heterocycles. The zero-order valence-corrected chi connectivity index (χ0v) is 23.9. The number of hydrogen-bond acceptors (Lipinski definition) is 2. The summed E-state index contributed by atoms with van der Waals surface area (Å²) in [6.45, 7) is 0. The molecule has 0 aliphatic rings. The van der Waals surface area contributed by atoms with E-state index < -0.39 is 7.14 Å². The van der Waals surface area contributed by atoms with E-state index in [0.29, 0.717) is 0 Å². The van der Waals surface area contributed by atoms with Crippen molar-refractivity contribution < 1.29 is 4.57 Å². The Kier molecular flexibility index (Phi) is 6.84. The third-order valence-electron chi connectivity index (χ3n) is 7.75. The van der Waals surface area contributed by atoms with Gasteiger partial charge in [0.25, 0.3) is 0 Å². The minimum absolute atomic E-state index is 0.739. The molecule has 7 rings (SSSR count). The third-order valence-corrected chi connectivity index (χ3v) is 10.9. The lowest BCUT2D eigenvalue weighted by Gasteiger charge is -2.26. The molecule has 0 bridgehead atoms. The monoisotopic (exact) mass is 557 g/mol. The van der Waals surface area contributed by atoms with Crippen LogP contribution in [0.25, 0.3) is 44.4 Å². The number of fused-ring (bicyclic) bond motifs is 1. The van der Waals surface area contributed by atoms with Gasteiger partial charge in [0.2, 0.25) is 0 Å². The molecule has 0 unspecified atom stereocenters. The van der Waals surface area contributed by atoms with Gasteiger partial charge in [-0.2, -0.15) is 0 Å². The third kappa shape index (κ3) is 4.57. The summed E-state index contributed by atoms with van der Waals surface area (Å²) in [6.07, 6.45) is 0. The van der Waals surface area contributed by atoms with E-state index in [1.165, 1.54) is 0 Å². The van der Waals surface area contributed by atoms with E-state index in [0.717, 1.165) is 60.3 Å². The van der Waals surface area contributed by atoms with Crippen LogP contribution in [0.2, 0.25) is 0 Å². The fourth-order valence-electron chi connectivity index (χ4n) is 5.74. The Morgan fingerprint density at radius 2 is 0.833 bits per heavy atom. The molecule has 6 aromatic carbocycles. The van der Waals surface area contributed by atoms with Gasteiger partial charge in [0.1, 0.15) is 0 Å². The van der Waals surface area contributed by atoms with Gasteiger partial charge < -0.3 is 4.57 Å². The molecule has 42 heavy (non-hydrogen) atoms. The van der Waals surface area contributed by atoms with Crippen LogP contribution in [-0.2, 0) is 4.57 Å². The van der Waals surface area contributed by atoms with Crippen molar-refractivity contribution in [2.45, 2.75) is 0 Å². The van der Waals surface area contributed by atoms with Crippen LogP contribution in [0.3, 0.4) is 0 Å². The quantitative estimate of drug-likeness (QED) is 0.191. The van der Waals surface area contributed by atoms with E-state index in [1.54, 1.807) is 0 Å². The van der Waals surface area contributed by atoms with Gasteiger partial charge in [-0.15, -0.1) is 0 Å². The second-order valence-corrected chi connectivity index (χ2v) is 13.0. The van der Waals surface area contributed by atoms with Crippen molar-refractivity contribution in [2.75, 3.05) is 0 Å². The van der Waals surface area contributed by atoms with Gasteiger partial charge in [0, 0.05) is 27.1 Å². The summed E-state index contributed by atoms with van der Waals surface area (Å²) in [7, 11) is -3.42. The highest BCUT2D eigenvalue weighted by Crippen LogP contribution is 2.49. The topological polar surface area (TPSA) is 30.0 Å². The van der Waals surface area contributed by atoms with Gasteiger partial charge in [-0.05, 0) is 22.8 Å². The highest BCUT2D eigenvalue weighted by Gasteiger charge is 2.36. The SMILES string of the molecule is O=P(c1ccccc1)(c1ccccc1)c1c(-c2ccc(-c3ccccc3)cc2)nc2ccccc2c1-c1ccccc1. The first-order valence-electron chi connectivity index (χ1n) is 14.1. The van der Waals surface area contributed by atoms with Gasteiger partial charge in [-0.25, -0.2) is 4.98 Å². The second-order valence-electron chi connectivity index (χ2n) is 10.3. The highest BCUT2D eigenvalue weighted by molar-refractivity contribution is 7.85. The molecule has 7 aromatic rings. The van der Waals surface area contributed by atoms with Crippen molar-refractivity contribution in [2.24, 2.45) is 0 Å². The summed E-state index contributed by atoms with van der Waals surface area (Å²) in [4.78, 5) is 5.28. The normalized spacial score (nSPS) is 11.4. The first-order valence-corrected chi connectivity index (χ1v) is 15.8. The van der Waals surface area contributed by atoms with Gasteiger partial charge in [-0.1, -0.05) is 164 Å². The lowest BCUT2D eigenvalue weighted by atomic mass is 9.97. The molecule has 0 spiro atoms. The van der Waals surface area contributed by atoms with Gasteiger partial charge in [0.05, 0.1) is 16.5 Å². The maximum Gasteiger partial charge on any atom is 0.173 e. The van der Waals surface area contributed by atoms with Crippen LogP contribution >= 0.6 is 7.14 Å². The predicted octanol–water partition coefficient (Wildman–Crippen LogP) is 8.88. The molecular weight excluding hydrogens is 529 g/mol. The van der Waals surface area contributed by atoms with Crippen molar-refractivity contribution in [3.8, 4) is 33.5 Å². The zero-order valence-electron chi connectivity index (χ0n) is 23.0. The standard InChI is InChI=1S/C39H28NOP/c41-42(33-19-9-3-10-20-33,34-21-11-4-12-22-34)39-37(31-17-7-2-8-18-31)35-23-13-14-24-36(35)40-38(39)32-27-25-30(26-28-32)29-15-5-1-6-16-29/h1-28H. The molecule has 0 atom stereocenters. The average Bonchev–Trinajstić information content (AvgIpc) is 3.09. The van der Waals surface area contributed by atoms with E-state index in [2.05, 4.69) is 54.6 Å². The highest BCUT2D eigenvalue weighted by atomic mass is 31.2. The van der Waals surface area contributed by atoms with E-state index >= 15 is 4.57 Å². The van der Waals surface area contributed by atoms with Gasteiger partial charge in [-0.3, -0.25) is 0 Å². The summed E-state index contributed by atoms with van der Waals surface area (Å²) in [5.74, 6) is 0. The molecule has 0 aliphatic carbocycles. The summed E-state index contributed by atoms with van der Waals surface area (Å²) in [5, 5.41) is 3.31. The van der Waals surface area contributed by atoms with Crippen molar-refractivity contribution >= 4 is 34.0 Å². The number of pyridine rings is 1. The average molecular weight is 558 g/mol. The molecule has 3 heteroatoms. The first kappa shape index (κ1) is 25.9.